The third-order valence-corrected chi connectivity index (χ3v) is 5.45. The van der Waals surface area contributed by atoms with Gasteiger partial charge in [0, 0.05) is 18.8 Å². The van der Waals surface area contributed by atoms with E-state index in [1.165, 1.54) is 6.08 Å². The Morgan fingerprint density at radius 2 is 1.88 bits per heavy atom. The molecule has 2 aromatic carbocycles. The lowest BCUT2D eigenvalue weighted by Crippen LogP contribution is -2.43. The SMILES string of the molecule is Cc1cc(C)cc(NC(=O)C(C#N)=Cc2ccc(OCC(=O)N3CCOCC3)c(Br)c2)c1. The molecule has 1 N–H and O–H groups in total. The molecule has 0 spiro atoms. The highest BCUT2D eigenvalue weighted by Crippen LogP contribution is 2.27. The minimum absolute atomic E-state index is 0.0211. The quantitative estimate of drug-likeness (QED) is 0.483. The fraction of sp³-hybridized carbons (Fsp3) is 0.292. The fourth-order valence-electron chi connectivity index (χ4n) is 3.33. The Kier molecular flexibility index (Phi) is 8.03. The predicted molar refractivity (Wildman–Crippen MR) is 125 cm³/mol. The Hall–Kier alpha value is -3.15. The zero-order valence-corrected chi connectivity index (χ0v) is 19.6. The van der Waals surface area contributed by atoms with Gasteiger partial charge in [-0.05, 0) is 76.8 Å². The van der Waals surface area contributed by atoms with E-state index < -0.39 is 5.91 Å². The Bertz CT molecular complexity index is 1060. The van der Waals surface area contributed by atoms with Gasteiger partial charge in [-0.2, -0.15) is 5.26 Å². The van der Waals surface area contributed by atoms with E-state index >= 15 is 0 Å². The van der Waals surface area contributed by atoms with Gasteiger partial charge in [0.05, 0.1) is 17.7 Å². The Morgan fingerprint density at radius 1 is 1.19 bits per heavy atom. The fourth-order valence-corrected chi connectivity index (χ4v) is 3.84. The lowest BCUT2D eigenvalue weighted by molar-refractivity contribution is -0.137. The van der Waals surface area contributed by atoms with Crippen molar-refractivity contribution in [2.24, 2.45) is 0 Å². The summed E-state index contributed by atoms with van der Waals surface area (Å²) in [7, 11) is 0. The highest BCUT2D eigenvalue weighted by atomic mass is 79.9. The predicted octanol–water partition coefficient (Wildman–Crippen LogP) is 3.85. The molecule has 0 aliphatic carbocycles. The first kappa shape index (κ1) is 23.5. The van der Waals surface area contributed by atoms with E-state index in [2.05, 4.69) is 21.2 Å². The summed E-state index contributed by atoms with van der Waals surface area (Å²) in [5.41, 5.74) is 3.32. The van der Waals surface area contributed by atoms with Crippen molar-refractivity contribution < 1.29 is 19.1 Å². The molecule has 7 nitrogen and oxygen atoms in total. The number of amides is 2. The molecule has 0 radical (unpaired) electrons. The van der Waals surface area contributed by atoms with Crippen LogP contribution < -0.4 is 10.1 Å². The second kappa shape index (κ2) is 10.9. The van der Waals surface area contributed by atoms with Gasteiger partial charge >= 0.3 is 0 Å². The van der Waals surface area contributed by atoms with Crippen molar-refractivity contribution in [2.75, 3.05) is 38.2 Å². The average Bonchev–Trinajstić information content (AvgIpc) is 2.76. The molecule has 32 heavy (non-hydrogen) atoms. The van der Waals surface area contributed by atoms with Crippen LogP contribution in [0.5, 0.6) is 5.75 Å². The number of nitriles is 1. The summed E-state index contributed by atoms with van der Waals surface area (Å²) in [6.07, 6.45) is 1.51. The number of rotatable bonds is 6. The molecule has 0 aromatic heterocycles. The maximum absolute atomic E-state index is 12.6. The smallest absolute Gasteiger partial charge is 0.266 e. The third kappa shape index (κ3) is 6.42. The van der Waals surface area contributed by atoms with Gasteiger partial charge in [-0.1, -0.05) is 12.1 Å². The number of hydrogen-bond donors (Lipinski definition) is 1. The van der Waals surface area contributed by atoms with Crippen molar-refractivity contribution in [3.05, 3.63) is 63.1 Å². The number of carbonyl (C=O) groups is 2. The van der Waals surface area contributed by atoms with E-state index in [0.29, 0.717) is 47.8 Å². The molecular formula is C24H24BrN3O4. The van der Waals surface area contributed by atoms with Crippen LogP contribution in [0.3, 0.4) is 0 Å². The summed E-state index contributed by atoms with van der Waals surface area (Å²) in [5, 5.41) is 12.2. The molecule has 1 fully saturated rings. The number of benzene rings is 2. The number of carbonyl (C=O) groups excluding carboxylic acids is 2. The Balaban J connectivity index is 1.66. The molecule has 8 heteroatoms. The topological polar surface area (TPSA) is 91.7 Å². The largest absolute Gasteiger partial charge is 0.483 e. The second-order valence-electron chi connectivity index (χ2n) is 7.47. The summed E-state index contributed by atoms with van der Waals surface area (Å²) in [5.74, 6) is -0.0778. The van der Waals surface area contributed by atoms with Crippen molar-refractivity contribution in [3.63, 3.8) is 0 Å². The minimum atomic E-state index is -0.481. The summed E-state index contributed by atoms with van der Waals surface area (Å²) < 4.78 is 11.5. The van der Waals surface area contributed by atoms with Crippen molar-refractivity contribution >= 4 is 39.5 Å². The maximum atomic E-state index is 12.6. The van der Waals surface area contributed by atoms with Crippen molar-refractivity contribution in [3.8, 4) is 11.8 Å². The number of anilines is 1. The number of ether oxygens (including phenoxy) is 2. The van der Waals surface area contributed by atoms with Crippen LogP contribution in [0.2, 0.25) is 0 Å². The first-order valence-corrected chi connectivity index (χ1v) is 10.9. The zero-order chi connectivity index (χ0) is 23.1. The highest BCUT2D eigenvalue weighted by molar-refractivity contribution is 9.10. The normalized spacial score (nSPS) is 13.9. The highest BCUT2D eigenvalue weighted by Gasteiger charge is 2.18. The molecular weight excluding hydrogens is 474 g/mol. The Morgan fingerprint density at radius 3 is 2.50 bits per heavy atom. The van der Waals surface area contributed by atoms with Crippen LogP contribution in [0.4, 0.5) is 5.69 Å². The second-order valence-corrected chi connectivity index (χ2v) is 8.33. The van der Waals surface area contributed by atoms with Crippen LogP contribution in [-0.4, -0.2) is 49.6 Å². The van der Waals surface area contributed by atoms with Crippen LogP contribution in [-0.2, 0) is 14.3 Å². The number of morpholine rings is 1. The first-order valence-electron chi connectivity index (χ1n) is 10.1. The van der Waals surface area contributed by atoms with Crippen LogP contribution in [0.25, 0.3) is 6.08 Å². The monoisotopic (exact) mass is 497 g/mol. The van der Waals surface area contributed by atoms with Gasteiger partial charge in [-0.3, -0.25) is 9.59 Å². The number of nitrogens with one attached hydrogen (secondary N) is 1. The van der Waals surface area contributed by atoms with Crippen LogP contribution in [0.15, 0.2) is 46.4 Å². The molecule has 0 unspecified atom stereocenters. The number of nitrogens with zero attached hydrogens (tertiary/aromatic N) is 2. The van der Waals surface area contributed by atoms with E-state index in [9.17, 15) is 14.9 Å². The molecule has 0 bridgehead atoms. The standard InChI is InChI=1S/C24H24BrN3O4/c1-16-9-17(2)11-20(10-16)27-24(30)19(14-26)12-18-3-4-22(21(25)13-18)32-15-23(29)28-5-7-31-8-6-28/h3-4,9-13H,5-8,15H2,1-2H3,(H,27,30). The summed E-state index contributed by atoms with van der Waals surface area (Å²) >= 11 is 3.43. The number of halogens is 1. The van der Waals surface area contributed by atoms with Crippen LogP contribution in [0, 0.1) is 25.2 Å². The van der Waals surface area contributed by atoms with Gasteiger partial charge in [0.2, 0.25) is 0 Å². The molecule has 2 aromatic rings. The molecule has 0 saturated carbocycles. The van der Waals surface area contributed by atoms with Crippen molar-refractivity contribution in [1.82, 2.24) is 4.90 Å². The molecule has 0 atom stereocenters. The van der Waals surface area contributed by atoms with Gasteiger partial charge in [-0.15, -0.1) is 0 Å². The average molecular weight is 498 g/mol. The minimum Gasteiger partial charge on any atom is -0.483 e. The van der Waals surface area contributed by atoms with Gasteiger partial charge < -0.3 is 19.7 Å². The maximum Gasteiger partial charge on any atom is 0.266 e. The lowest BCUT2D eigenvalue weighted by atomic mass is 10.1. The van der Waals surface area contributed by atoms with E-state index in [1.807, 2.05) is 38.1 Å². The van der Waals surface area contributed by atoms with E-state index in [4.69, 9.17) is 9.47 Å². The molecule has 3 rings (SSSR count). The van der Waals surface area contributed by atoms with Gasteiger partial charge in [0.15, 0.2) is 6.61 Å². The van der Waals surface area contributed by atoms with Crippen molar-refractivity contribution in [1.29, 1.82) is 5.26 Å². The number of aryl methyl sites for hydroxylation is 2. The molecule has 2 amide bonds. The van der Waals surface area contributed by atoms with Crippen molar-refractivity contribution in [2.45, 2.75) is 13.8 Å². The summed E-state index contributed by atoms with van der Waals surface area (Å²) in [4.78, 5) is 26.5. The van der Waals surface area contributed by atoms with Crippen LogP contribution in [0.1, 0.15) is 16.7 Å². The molecule has 1 saturated heterocycles. The lowest BCUT2D eigenvalue weighted by Gasteiger charge is -2.26. The molecule has 1 aliphatic heterocycles. The molecule has 166 valence electrons. The van der Waals surface area contributed by atoms with Crippen LogP contribution >= 0.6 is 15.9 Å². The van der Waals surface area contributed by atoms with Gasteiger partial charge in [0.1, 0.15) is 17.4 Å². The Labute approximate surface area is 195 Å². The van der Waals surface area contributed by atoms with E-state index in [0.717, 1.165) is 11.1 Å². The van der Waals surface area contributed by atoms with Gasteiger partial charge in [-0.25, -0.2) is 0 Å². The summed E-state index contributed by atoms with van der Waals surface area (Å²) in [6, 6.07) is 12.8. The first-order chi connectivity index (χ1) is 15.4. The van der Waals surface area contributed by atoms with E-state index in [1.54, 1.807) is 23.1 Å². The zero-order valence-electron chi connectivity index (χ0n) is 18.0. The van der Waals surface area contributed by atoms with Gasteiger partial charge in [0.25, 0.3) is 11.8 Å². The van der Waals surface area contributed by atoms with E-state index in [-0.39, 0.29) is 18.1 Å². The molecule has 1 aliphatic rings. The summed E-state index contributed by atoms with van der Waals surface area (Å²) in [6.45, 7) is 6.01. The molecule has 1 heterocycles. The number of hydrogen-bond acceptors (Lipinski definition) is 5. The third-order valence-electron chi connectivity index (χ3n) is 4.83.